The van der Waals surface area contributed by atoms with Gasteiger partial charge >= 0.3 is 0 Å². The average molecular weight is 814 g/mol. The van der Waals surface area contributed by atoms with Crippen molar-refractivity contribution >= 4 is 21.9 Å². The third kappa shape index (κ3) is 6.61. The maximum absolute atomic E-state index is 6.91. The molecule has 12 rings (SSSR count). The summed E-state index contributed by atoms with van der Waals surface area (Å²) in [4.78, 5) is 23.7. The zero-order chi connectivity index (χ0) is 41.7. The predicted octanol–water partition coefficient (Wildman–Crippen LogP) is 12.9. The van der Waals surface area contributed by atoms with Gasteiger partial charge in [-0.15, -0.1) is 0 Å². The monoisotopic (exact) mass is 813 g/mol. The Morgan fingerprint density at radius 1 is 0.365 bits per heavy atom. The Balaban J connectivity index is 0.974. The molecule has 0 radical (unpaired) electrons. The highest BCUT2D eigenvalue weighted by molar-refractivity contribution is 6.09. The minimum Gasteiger partial charge on any atom is -0.478 e. The Kier molecular flexibility index (Phi) is 8.78. The van der Waals surface area contributed by atoms with E-state index in [0.717, 1.165) is 83.1 Å². The number of hydrogen-bond acceptors (Lipinski definition) is 8. The number of allylic oxidation sites excluding steroid dienone is 2. The maximum atomic E-state index is 6.91. The SMILES string of the molecule is C1=CC2Oc3c(-c4ccc(-c5nc(-c6ccccc6)nc(-c6cccc7c6oc6ccccc67)n5)cc4)ccc(-c4cc(-c5ccncc5)cc(-c5ccncc5)c4)c3OC2C=C1. The molecule has 10 aromatic rings. The molecular formula is C55H35N5O3. The van der Waals surface area contributed by atoms with Gasteiger partial charge in [0.25, 0.3) is 0 Å². The van der Waals surface area contributed by atoms with Gasteiger partial charge in [0.05, 0.1) is 5.56 Å². The molecule has 4 aromatic heterocycles. The first-order valence-corrected chi connectivity index (χ1v) is 20.8. The molecule has 0 saturated heterocycles. The summed E-state index contributed by atoms with van der Waals surface area (Å²) in [7, 11) is 0. The van der Waals surface area contributed by atoms with Crippen LogP contribution in [0, 0.1) is 0 Å². The van der Waals surface area contributed by atoms with Crippen LogP contribution in [0.3, 0.4) is 0 Å². The molecule has 1 aliphatic carbocycles. The van der Waals surface area contributed by atoms with Gasteiger partial charge in [0.2, 0.25) is 0 Å². The number of nitrogens with zero attached hydrogens (tertiary/aromatic N) is 5. The Morgan fingerprint density at radius 3 is 1.54 bits per heavy atom. The third-order valence-corrected chi connectivity index (χ3v) is 11.7. The van der Waals surface area contributed by atoms with Crippen molar-refractivity contribution in [1.82, 2.24) is 24.9 Å². The van der Waals surface area contributed by atoms with Crippen LogP contribution in [0.1, 0.15) is 0 Å². The molecule has 5 heterocycles. The number of rotatable bonds is 7. The molecule has 0 amide bonds. The van der Waals surface area contributed by atoms with Crippen molar-refractivity contribution in [2.45, 2.75) is 12.2 Å². The lowest BCUT2D eigenvalue weighted by Gasteiger charge is -2.34. The molecule has 2 aliphatic rings. The minimum absolute atomic E-state index is 0.274. The van der Waals surface area contributed by atoms with Crippen LogP contribution in [-0.2, 0) is 0 Å². The highest BCUT2D eigenvalue weighted by atomic mass is 16.6. The molecule has 0 saturated carbocycles. The summed E-state index contributed by atoms with van der Waals surface area (Å²) in [5, 5.41) is 2.06. The minimum atomic E-state index is -0.275. The van der Waals surface area contributed by atoms with Crippen molar-refractivity contribution in [3.05, 3.63) is 201 Å². The summed E-state index contributed by atoms with van der Waals surface area (Å²) >= 11 is 0. The van der Waals surface area contributed by atoms with Crippen LogP contribution in [0.15, 0.2) is 205 Å². The van der Waals surface area contributed by atoms with Crippen molar-refractivity contribution in [3.63, 3.8) is 0 Å². The normalized spacial score (nSPS) is 15.1. The molecule has 63 heavy (non-hydrogen) atoms. The first kappa shape index (κ1) is 36.4. The van der Waals surface area contributed by atoms with Crippen LogP contribution >= 0.6 is 0 Å². The largest absolute Gasteiger partial charge is 0.478 e. The van der Waals surface area contributed by atoms with Gasteiger partial charge in [-0.05, 0) is 112 Å². The zero-order valence-corrected chi connectivity index (χ0v) is 33.7. The fraction of sp³-hybridized carbons (Fsp3) is 0.0364. The van der Waals surface area contributed by atoms with Crippen LogP contribution in [0.5, 0.6) is 11.5 Å². The van der Waals surface area contributed by atoms with E-state index in [1.54, 1.807) is 0 Å². The smallest absolute Gasteiger partial charge is 0.170 e. The molecule has 2 unspecified atom stereocenters. The molecule has 0 bridgehead atoms. The molecule has 0 fully saturated rings. The van der Waals surface area contributed by atoms with E-state index < -0.39 is 0 Å². The number of aromatic nitrogens is 5. The second-order valence-electron chi connectivity index (χ2n) is 15.6. The van der Waals surface area contributed by atoms with Gasteiger partial charge in [0.15, 0.2) is 41.2 Å². The highest BCUT2D eigenvalue weighted by Crippen LogP contribution is 2.50. The first-order valence-electron chi connectivity index (χ1n) is 20.8. The summed E-state index contributed by atoms with van der Waals surface area (Å²) in [6.45, 7) is 0. The van der Waals surface area contributed by atoms with Crippen molar-refractivity contribution < 1.29 is 13.9 Å². The molecule has 0 N–H and O–H groups in total. The molecule has 8 heteroatoms. The van der Waals surface area contributed by atoms with Crippen LogP contribution in [0.25, 0.3) is 101 Å². The molecule has 1 aliphatic heterocycles. The number of para-hydroxylation sites is 2. The van der Waals surface area contributed by atoms with E-state index in [9.17, 15) is 0 Å². The topological polar surface area (TPSA) is 96.1 Å². The van der Waals surface area contributed by atoms with Crippen LogP contribution in [-0.4, -0.2) is 37.1 Å². The lowest BCUT2D eigenvalue weighted by atomic mass is 9.91. The molecule has 2 atom stereocenters. The van der Waals surface area contributed by atoms with Gasteiger partial charge in [-0.1, -0.05) is 97.1 Å². The number of furan rings is 1. The van der Waals surface area contributed by atoms with Gasteiger partial charge in [-0.3, -0.25) is 9.97 Å². The lowest BCUT2D eigenvalue weighted by molar-refractivity contribution is 0.0769. The number of benzene rings is 6. The van der Waals surface area contributed by atoms with E-state index in [2.05, 4.69) is 82.8 Å². The maximum Gasteiger partial charge on any atom is 0.170 e. The van der Waals surface area contributed by atoms with Gasteiger partial charge < -0.3 is 13.9 Å². The van der Waals surface area contributed by atoms with E-state index in [1.165, 1.54) is 0 Å². The molecule has 8 nitrogen and oxygen atoms in total. The number of pyridine rings is 2. The van der Waals surface area contributed by atoms with E-state index in [-0.39, 0.29) is 12.2 Å². The van der Waals surface area contributed by atoms with Crippen molar-refractivity contribution in [2.24, 2.45) is 0 Å². The van der Waals surface area contributed by atoms with Gasteiger partial charge in [-0.25, -0.2) is 15.0 Å². The van der Waals surface area contributed by atoms with Gasteiger partial charge in [0, 0.05) is 57.8 Å². The van der Waals surface area contributed by atoms with E-state index >= 15 is 0 Å². The fourth-order valence-corrected chi connectivity index (χ4v) is 8.57. The first-order chi connectivity index (χ1) is 31.2. The van der Waals surface area contributed by atoms with Crippen molar-refractivity contribution in [2.75, 3.05) is 0 Å². The molecular weight excluding hydrogens is 779 g/mol. The summed E-state index contributed by atoms with van der Waals surface area (Å²) in [6, 6.07) is 51.5. The van der Waals surface area contributed by atoms with Crippen molar-refractivity contribution in [3.8, 4) is 90.2 Å². The van der Waals surface area contributed by atoms with Gasteiger partial charge in [0.1, 0.15) is 11.2 Å². The van der Waals surface area contributed by atoms with Crippen LogP contribution < -0.4 is 9.47 Å². The highest BCUT2D eigenvalue weighted by Gasteiger charge is 2.33. The fourth-order valence-electron chi connectivity index (χ4n) is 8.57. The molecule has 6 aromatic carbocycles. The van der Waals surface area contributed by atoms with Crippen molar-refractivity contribution in [1.29, 1.82) is 0 Å². The molecule has 298 valence electrons. The second-order valence-corrected chi connectivity index (χ2v) is 15.6. The quantitative estimate of drug-likeness (QED) is 0.157. The second kappa shape index (κ2) is 15.2. The lowest BCUT2D eigenvalue weighted by Crippen LogP contribution is -2.38. The summed E-state index contributed by atoms with van der Waals surface area (Å²) < 4.78 is 20.2. The Bertz CT molecular complexity index is 3350. The Labute approximate surface area is 362 Å². The number of hydrogen-bond donors (Lipinski definition) is 0. The molecule has 0 spiro atoms. The summed E-state index contributed by atoms with van der Waals surface area (Å²) in [6.07, 6.45) is 14.9. The third-order valence-electron chi connectivity index (χ3n) is 11.7. The zero-order valence-electron chi connectivity index (χ0n) is 33.7. The predicted molar refractivity (Wildman–Crippen MR) is 248 cm³/mol. The Morgan fingerprint density at radius 2 is 0.889 bits per heavy atom. The summed E-state index contributed by atoms with van der Waals surface area (Å²) in [5.41, 5.74) is 12.2. The average Bonchev–Trinajstić information content (AvgIpc) is 3.75. The van der Waals surface area contributed by atoms with Crippen LogP contribution in [0.4, 0.5) is 0 Å². The van der Waals surface area contributed by atoms with E-state index in [0.29, 0.717) is 29.0 Å². The van der Waals surface area contributed by atoms with Crippen LogP contribution in [0.2, 0.25) is 0 Å². The van der Waals surface area contributed by atoms with E-state index in [4.69, 9.17) is 28.8 Å². The van der Waals surface area contributed by atoms with E-state index in [1.807, 2.05) is 128 Å². The van der Waals surface area contributed by atoms with Gasteiger partial charge in [-0.2, -0.15) is 0 Å². The Hall–Kier alpha value is -8.49. The standard InChI is InChI=1S/C55H35N5O3/c1-2-9-37(10-3-1)53-58-54(60-55(59-53)46-13-8-12-45-44-11-4-5-14-47(44)61-50(45)46)38-19-17-36(18-20-38)42-21-22-43(52-51(42)62-48-15-6-7-16-49(48)63-52)41-32-39(34-23-27-56-28-24-34)31-40(33-41)35-25-29-57-30-26-35/h1-33,48-49H. The number of ether oxygens (including phenoxy) is 2. The summed E-state index contributed by atoms with van der Waals surface area (Å²) in [5.74, 6) is 3.05. The number of fused-ring (bicyclic) bond motifs is 5.